The maximum atomic E-state index is 11.9. The first-order valence-corrected chi connectivity index (χ1v) is 6.59. The number of benzene rings is 1. The van der Waals surface area contributed by atoms with Crippen molar-refractivity contribution >= 4 is 38.2 Å². The molecule has 92 valence electrons. The third kappa shape index (κ3) is 1.79. The van der Waals surface area contributed by atoms with Gasteiger partial charge in [0.15, 0.2) is 4.91 Å². The number of carbonyl (C=O) groups excluding carboxylic acids is 1. The lowest BCUT2D eigenvalue weighted by Crippen LogP contribution is -2.31. The van der Waals surface area contributed by atoms with Crippen molar-refractivity contribution in [3.8, 4) is 0 Å². The number of ketones is 1. The Hall–Kier alpha value is -1.79. The van der Waals surface area contributed by atoms with Crippen molar-refractivity contribution < 1.29 is 18.0 Å². The summed E-state index contributed by atoms with van der Waals surface area (Å²) in [6, 6.07) is 6.11. The highest BCUT2D eigenvalue weighted by Crippen LogP contribution is 2.33. The predicted molar refractivity (Wildman–Crippen MR) is 65.3 cm³/mol. The second-order valence-electron chi connectivity index (χ2n) is 3.51. The number of hydrogen-bond acceptors (Lipinski definition) is 3. The Morgan fingerprint density at radius 2 is 1.78 bits per heavy atom. The zero-order valence-corrected chi connectivity index (χ0v) is 10.4. The van der Waals surface area contributed by atoms with Crippen molar-refractivity contribution in [2.45, 2.75) is 0 Å². The van der Waals surface area contributed by atoms with E-state index in [4.69, 9.17) is 22.3 Å². The van der Waals surface area contributed by atoms with Crippen molar-refractivity contribution in [1.82, 2.24) is 0 Å². The molecular weight excluding hydrogens is 278 g/mol. The van der Waals surface area contributed by atoms with Crippen LogP contribution in [0.3, 0.4) is 0 Å². The summed E-state index contributed by atoms with van der Waals surface area (Å²) >= 11 is 5.91. The van der Waals surface area contributed by atoms with Gasteiger partial charge in [-0.15, -0.1) is 0 Å². The SMILES string of the molecule is [N-]=[N+]=C1C(=O)c2ccccc2C(Cl)=C1S(N)(=O)=O. The van der Waals surface area contributed by atoms with E-state index in [1.165, 1.54) is 12.1 Å². The summed E-state index contributed by atoms with van der Waals surface area (Å²) in [6.45, 7) is 0. The van der Waals surface area contributed by atoms with Gasteiger partial charge in [-0.3, -0.25) is 4.79 Å². The first-order chi connectivity index (χ1) is 8.38. The van der Waals surface area contributed by atoms with Gasteiger partial charge in [-0.25, -0.2) is 13.6 Å². The zero-order valence-electron chi connectivity index (χ0n) is 8.79. The van der Waals surface area contributed by atoms with Crippen LogP contribution in [0.2, 0.25) is 0 Å². The average molecular weight is 284 g/mol. The molecule has 0 spiro atoms. The second kappa shape index (κ2) is 4.15. The molecule has 0 fully saturated rings. The summed E-state index contributed by atoms with van der Waals surface area (Å²) in [6.07, 6.45) is 0. The number of halogens is 1. The van der Waals surface area contributed by atoms with Gasteiger partial charge >= 0.3 is 5.71 Å². The van der Waals surface area contributed by atoms with Gasteiger partial charge in [-0.1, -0.05) is 35.9 Å². The van der Waals surface area contributed by atoms with Crippen LogP contribution in [-0.2, 0) is 10.0 Å². The molecule has 1 aromatic rings. The molecule has 0 heterocycles. The van der Waals surface area contributed by atoms with Gasteiger partial charge in [0, 0.05) is 11.1 Å². The van der Waals surface area contributed by atoms with Gasteiger partial charge in [-0.05, 0) is 0 Å². The quantitative estimate of drug-likeness (QED) is 0.606. The second-order valence-corrected chi connectivity index (χ2v) is 5.39. The minimum Gasteiger partial charge on any atom is -0.361 e. The fourth-order valence-corrected chi connectivity index (χ4v) is 3.02. The van der Waals surface area contributed by atoms with Gasteiger partial charge in [0.05, 0.1) is 5.03 Å². The molecule has 0 aliphatic heterocycles. The minimum absolute atomic E-state index is 0.155. The molecule has 0 radical (unpaired) electrons. The zero-order chi connectivity index (χ0) is 13.5. The van der Waals surface area contributed by atoms with Gasteiger partial charge in [0.1, 0.15) is 0 Å². The Kier molecular flexibility index (Phi) is 2.92. The third-order valence-electron chi connectivity index (χ3n) is 2.42. The predicted octanol–water partition coefficient (Wildman–Crippen LogP) is 0.750. The van der Waals surface area contributed by atoms with E-state index in [2.05, 4.69) is 4.79 Å². The topological polar surface area (TPSA) is 114 Å². The standard InChI is InChI=1S/C10H6ClN3O3S/c11-7-5-3-1-2-4-6(5)9(15)8(14-12)10(7)18(13,16)17/h1-4H,(H2,13,16,17). The Bertz CT molecular complexity index is 745. The number of primary sulfonamides is 1. The van der Waals surface area contributed by atoms with Crippen LogP contribution in [0.4, 0.5) is 0 Å². The number of hydrogen-bond donors (Lipinski definition) is 1. The van der Waals surface area contributed by atoms with Gasteiger partial charge in [-0.2, -0.15) is 4.79 Å². The van der Waals surface area contributed by atoms with Gasteiger partial charge in [0.25, 0.3) is 5.78 Å². The molecule has 2 rings (SSSR count). The fraction of sp³-hybridized carbons (Fsp3) is 0. The first-order valence-electron chi connectivity index (χ1n) is 4.67. The summed E-state index contributed by atoms with van der Waals surface area (Å²) in [5.74, 6) is -0.749. The molecule has 8 heteroatoms. The van der Waals surface area contributed by atoms with E-state index in [0.29, 0.717) is 0 Å². The Morgan fingerprint density at radius 3 is 2.28 bits per heavy atom. The van der Waals surface area contributed by atoms with Crippen LogP contribution >= 0.6 is 11.6 Å². The normalized spacial score (nSPS) is 15.4. The maximum absolute atomic E-state index is 11.9. The highest BCUT2D eigenvalue weighted by molar-refractivity contribution is 7.94. The number of Topliss-reactive ketones (excluding diaryl/α,β-unsaturated/α-hetero) is 1. The van der Waals surface area contributed by atoms with Crippen LogP contribution in [0, 0.1) is 0 Å². The molecule has 18 heavy (non-hydrogen) atoms. The van der Waals surface area contributed by atoms with Crippen LogP contribution in [-0.4, -0.2) is 24.7 Å². The molecule has 0 saturated heterocycles. The van der Waals surface area contributed by atoms with Gasteiger partial charge < -0.3 is 5.53 Å². The van der Waals surface area contributed by atoms with Crippen LogP contribution in [0.1, 0.15) is 15.9 Å². The summed E-state index contributed by atoms with van der Waals surface area (Å²) in [4.78, 5) is 14.0. The third-order valence-corrected chi connectivity index (χ3v) is 3.89. The monoisotopic (exact) mass is 283 g/mol. The van der Waals surface area contributed by atoms with Crippen molar-refractivity contribution in [2.75, 3.05) is 0 Å². The van der Waals surface area contributed by atoms with Crippen molar-refractivity contribution in [3.63, 3.8) is 0 Å². The Labute approximate surface area is 107 Å². The number of rotatable bonds is 1. The number of nitrogens with two attached hydrogens (primary N) is 1. The maximum Gasteiger partial charge on any atom is 0.384 e. The van der Waals surface area contributed by atoms with Gasteiger partial charge in [0.2, 0.25) is 10.0 Å². The number of carbonyl (C=O) groups is 1. The summed E-state index contributed by atoms with van der Waals surface area (Å²) < 4.78 is 22.8. The smallest absolute Gasteiger partial charge is 0.361 e. The lowest BCUT2D eigenvalue weighted by Gasteiger charge is -2.13. The van der Waals surface area contributed by atoms with E-state index in [0.717, 1.165) is 0 Å². The minimum atomic E-state index is -4.28. The molecule has 0 aromatic heterocycles. The average Bonchev–Trinajstić information content (AvgIpc) is 2.32. The van der Waals surface area contributed by atoms with E-state index in [9.17, 15) is 13.2 Å². The highest BCUT2D eigenvalue weighted by Gasteiger charge is 2.42. The van der Waals surface area contributed by atoms with E-state index >= 15 is 0 Å². The molecule has 2 N–H and O–H groups in total. The number of sulfonamides is 1. The first kappa shape index (κ1) is 12.7. The van der Waals surface area contributed by atoms with E-state index < -0.39 is 26.4 Å². The Balaban J connectivity index is 2.95. The fourth-order valence-electron chi connectivity index (χ4n) is 1.68. The highest BCUT2D eigenvalue weighted by atomic mass is 35.5. The van der Waals surface area contributed by atoms with Crippen LogP contribution in [0.15, 0.2) is 29.2 Å². The summed E-state index contributed by atoms with van der Waals surface area (Å²) in [7, 11) is -4.28. The van der Waals surface area contributed by atoms with E-state index in [1.54, 1.807) is 12.1 Å². The van der Waals surface area contributed by atoms with Crippen molar-refractivity contribution in [2.24, 2.45) is 5.14 Å². The van der Waals surface area contributed by atoms with Crippen molar-refractivity contribution in [1.29, 1.82) is 0 Å². The largest absolute Gasteiger partial charge is 0.384 e. The van der Waals surface area contributed by atoms with E-state index in [1.807, 2.05) is 0 Å². The van der Waals surface area contributed by atoms with Crippen LogP contribution in [0.5, 0.6) is 0 Å². The van der Waals surface area contributed by atoms with Crippen LogP contribution in [0.25, 0.3) is 10.6 Å². The molecule has 0 amide bonds. The molecule has 0 saturated carbocycles. The molecule has 1 aromatic carbocycles. The van der Waals surface area contributed by atoms with Crippen molar-refractivity contribution in [3.05, 3.63) is 45.8 Å². The summed E-state index contributed by atoms with van der Waals surface area (Å²) in [5, 5.41) is 4.74. The number of nitrogens with zero attached hydrogens (tertiary/aromatic N) is 2. The van der Waals surface area contributed by atoms with Crippen LogP contribution < -0.4 is 5.14 Å². The molecule has 0 atom stereocenters. The lowest BCUT2D eigenvalue weighted by molar-refractivity contribution is -0.00475. The Morgan fingerprint density at radius 1 is 1.22 bits per heavy atom. The molecule has 6 nitrogen and oxygen atoms in total. The number of allylic oxidation sites excluding steroid dienone is 1. The molecule has 0 unspecified atom stereocenters. The number of fused-ring (bicyclic) bond motifs is 1. The molecular formula is C10H6ClN3O3S. The molecule has 0 bridgehead atoms. The molecule has 1 aliphatic rings. The molecule has 1 aliphatic carbocycles. The lowest BCUT2D eigenvalue weighted by atomic mass is 9.94. The van der Waals surface area contributed by atoms with E-state index in [-0.39, 0.29) is 16.2 Å². The summed E-state index contributed by atoms with van der Waals surface area (Å²) in [5.41, 5.74) is 8.51.